The van der Waals surface area contributed by atoms with Gasteiger partial charge in [-0.25, -0.2) is 9.59 Å². The van der Waals surface area contributed by atoms with Crippen LogP contribution in [0.5, 0.6) is 0 Å². The lowest BCUT2D eigenvalue weighted by molar-refractivity contribution is -0.146. The van der Waals surface area contributed by atoms with E-state index in [4.69, 9.17) is 10.2 Å². The van der Waals surface area contributed by atoms with Crippen LogP contribution < -0.4 is 16.0 Å². The smallest absolute Gasteiger partial charge is 0.334 e. The van der Waals surface area contributed by atoms with Crippen LogP contribution >= 0.6 is 0 Å². The van der Waals surface area contributed by atoms with Crippen molar-refractivity contribution in [2.45, 2.75) is 25.0 Å². The molecule has 0 radical (unpaired) electrons. The molecule has 1 fully saturated rings. The van der Waals surface area contributed by atoms with E-state index in [1.165, 1.54) is 0 Å². The summed E-state index contributed by atoms with van der Waals surface area (Å²) in [7, 11) is 0. The molecular formula is C9H15N3O5. The van der Waals surface area contributed by atoms with Crippen molar-refractivity contribution >= 4 is 17.9 Å². The lowest BCUT2D eigenvalue weighted by Gasteiger charge is -2.12. The lowest BCUT2D eigenvalue weighted by Crippen LogP contribution is -2.45. The van der Waals surface area contributed by atoms with E-state index in [-0.39, 0.29) is 25.0 Å². The molecule has 1 rings (SSSR count). The summed E-state index contributed by atoms with van der Waals surface area (Å²) in [5, 5.41) is 24.6. The third-order valence-corrected chi connectivity index (χ3v) is 2.34. The molecule has 5 N–H and O–H groups in total. The highest BCUT2D eigenvalue weighted by atomic mass is 16.4. The van der Waals surface area contributed by atoms with Crippen molar-refractivity contribution < 1.29 is 24.6 Å². The van der Waals surface area contributed by atoms with E-state index in [1.807, 2.05) is 0 Å². The second-order valence-corrected chi connectivity index (χ2v) is 3.75. The van der Waals surface area contributed by atoms with Crippen LogP contribution in [0.2, 0.25) is 0 Å². The number of carbonyl (C=O) groups excluding carboxylic acids is 2. The van der Waals surface area contributed by atoms with Gasteiger partial charge in [-0.3, -0.25) is 4.79 Å². The second kappa shape index (κ2) is 6.04. The Labute approximate surface area is 97.4 Å². The SMILES string of the molecule is O=C1CCC(CNC(=O)NCC(O)C(=O)O)N1. The summed E-state index contributed by atoms with van der Waals surface area (Å²) in [5.74, 6) is -1.44. The molecule has 8 heteroatoms. The number of hydrogen-bond donors (Lipinski definition) is 5. The Morgan fingerprint density at radius 2 is 2.18 bits per heavy atom. The maximum absolute atomic E-state index is 11.2. The van der Waals surface area contributed by atoms with Crippen molar-refractivity contribution in [2.24, 2.45) is 0 Å². The zero-order valence-corrected chi connectivity index (χ0v) is 9.10. The van der Waals surface area contributed by atoms with Crippen molar-refractivity contribution in [3.8, 4) is 0 Å². The quantitative estimate of drug-likeness (QED) is 0.383. The van der Waals surface area contributed by atoms with Gasteiger partial charge in [-0.1, -0.05) is 0 Å². The molecule has 17 heavy (non-hydrogen) atoms. The molecule has 2 unspecified atom stereocenters. The van der Waals surface area contributed by atoms with Crippen molar-refractivity contribution in [3.63, 3.8) is 0 Å². The molecule has 96 valence electrons. The highest BCUT2D eigenvalue weighted by Gasteiger charge is 2.21. The van der Waals surface area contributed by atoms with Gasteiger partial charge in [0.25, 0.3) is 0 Å². The summed E-state index contributed by atoms with van der Waals surface area (Å²) in [6.45, 7) is -0.0844. The summed E-state index contributed by atoms with van der Waals surface area (Å²) in [5.41, 5.74) is 0. The first kappa shape index (κ1) is 13.2. The summed E-state index contributed by atoms with van der Waals surface area (Å²) >= 11 is 0. The van der Waals surface area contributed by atoms with Gasteiger partial charge in [0.05, 0.1) is 6.54 Å². The minimum atomic E-state index is -1.62. The monoisotopic (exact) mass is 245 g/mol. The van der Waals surface area contributed by atoms with Crippen LogP contribution in [-0.4, -0.2) is 53.4 Å². The fraction of sp³-hybridized carbons (Fsp3) is 0.667. The number of amides is 3. The third-order valence-electron chi connectivity index (χ3n) is 2.34. The average Bonchev–Trinajstić information content (AvgIpc) is 2.69. The second-order valence-electron chi connectivity index (χ2n) is 3.75. The lowest BCUT2D eigenvalue weighted by atomic mass is 10.2. The van der Waals surface area contributed by atoms with Crippen molar-refractivity contribution in [2.75, 3.05) is 13.1 Å². The van der Waals surface area contributed by atoms with Crippen molar-refractivity contribution in [1.29, 1.82) is 0 Å². The van der Waals surface area contributed by atoms with Crippen LogP contribution in [-0.2, 0) is 9.59 Å². The minimum absolute atomic E-state index is 0.0430. The fourth-order valence-corrected chi connectivity index (χ4v) is 1.39. The molecule has 0 aromatic rings. The molecule has 8 nitrogen and oxygen atoms in total. The number of nitrogens with one attached hydrogen (secondary N) is 3. The van der Waals surface area contributed by atoms with Gasteiger partial charge in [-0.05, 0) is 6.42 Å². The molecule has 0 aliphatic carbocycles. The maximum Gasteiger partial charge on any atom is 0.334 e. The van der Waals surface area contributed by atoms with Gasteiger partial charge < -0.3 is 26.2 Å². The van der Waals surface area contributed by atoms with Crippen molar-refractivity contribution in [3.05, 3.63) is 0 Å². The number of carboxylic acids is 1. The number of carbonyl (C=O) groups is 3. The molecule has 0 saturated carbocycles. The molecule has 3 amide bonds. The normalized spacial score (nSPS) is 20.5. The maximum atomic E-state index is 11.2. The number of hydrogen-bond acceptors (Lipinski definition) is 4. The fourth-order valence-electron chi connectivity index (χ4n) is 1.39. The molecule has 1 saturated heterocycles. The Morgan fingerprint density at radius 1 is 1.47 bits per heavy atom. The Balaban J connectivity index is 2.13. The topological polar surface area (TPSA) is 128 Å². The number of rotatable bonds is 5. The van der Waals surface area contributed by atoms with Crippen molar-refractivity contribution in [1.82, 2.24) is 16.0 Å². The third kappa shape index (κ3) is 4.68. The zero-order valence-electron chi connectivity index (χ0n) is 9.10. The van der Waals surface area contributed by atoms with E-state index < -0.39 is 18.1 Å². The Hall–Kier alpha value is -1.83. The first-order chi connectivity index (χ1) is 7.99. The standard InChI is InChI=1S/C9H15N3O5/c13-6(8(15)16)4-11-9(17)10-3-5-1-2-7(14)12-5/h5-6,13H,1-4H2,(H,12,14)(H,15,16)(H2,10,11,17). The van der Waals surface area contributed by atoms with Gasteiger partial charge in [0.1, 0.15) is 0 Å². The molecule has 2 atom stereocenters. The molecule has 0 aromatic carbocycles. The number of aliphatic hydroxyl groups is 1. The summed E-state index contributed by atoms with van der Waals surface area (Å²) in [6.07, 6.45) is -0.505. The van der Waals surface area contributed by atoms with Gasteiger partial charge in [0.2, 0.25) is 5.91 Å². The van der Waals surface area contributed by atoms with Gasteiger partial charge in [-0.15, -0.1) is 0 Å². The highest BCUT2D eigenvalue weighted by molar-refractivity contribution is 5.79. The number of urea groups is 1. The predicted octanol–water partition coefficient (Wildman–Crippen LogP) is -1.99. The van der Waals surface area contributed by atoms with E-state index in [0.29, 0.717) is 12.8 Å². The summed E-state index contributed by atoms with van der Waals surface area (Å²) in [6, 6.07) is -0.663. The van der Waals surface area contributed by atoms with E-state index in [1.54, 1.807) is 0 Å². The molecule has 0 aromatic heterocycles. The Bertz CT molecular complexity index is 320. The van der Waals surface area contributed by atoms with Crippen LogP contribution in [0.3, 0.4) is 0 Å². The summed E-state index contributed by atoms with van der Waals surface area (Å²) < 4.78 is 0. The van der Waals surface area contributed by atoms with E-state index in [2.05, 4.69) is 16.0 Å². The van der Waals surface area contributed by atoms with E-state index in [9.17, 15) is 14.4 Å². The largest absolute Gasteiger partial charge is 0.479 e. The Morgan fingerprint density at radius 3 is 2.71 bits per heavy atom. The molecule has 0 spiro atoms. The molecule has 1 aliphatic rings. The molecule has 1 aliphatic heterocycles. The number of carboxylic acid groups (broad SMARTS) is 1. The minimum Gasteiger partial charge on any atom is -0.479 e. The van der Waals surface area contributed by atoms with Crippen LogP contribution in [0.25, 0.3) is 0 Å². The Kier molecular flexibility index (Phi) is 4.70. The predicted molar refractivity (Wildman–Crippen MR) is 56.2 cm³/mol. The summed E-state index contributed by atoms with van der Waals surface area (Å²) in [4.78, 5) is 32.3. The van der Waals surface area contributed by atoms with Gasteiger partial charge in [0.15, 0.2) is 6.10 Å². The first-order valence-corrected chi connectivity index (χ1v) is 5.21. The van der Waals surface area contributed by atoms with Crippen LogP contribution in [0, 0.1) is 0 Å². The van der Waals surface area contributed by atoms with Crippen LogP contribution in [0.4, 0.5) is 4.79 Å². The van der Waals surface area contributed by atoms with Gasteiger partial charge in [0, 0.05) is 19.0 Å². The van der Waals surface area contributed by atoms with Gasteiger partial charge >= 0.3 is 12.0 Å². The van der Waals surface area contributed by atoms with Crippen LogP contribution in [0.1, 0.15) is 12.8 Å². The highest BCUT2D eigenvalue weighted by Crippen LogP contribution is 2.04. The van der Waals surface area contributed by atoms with Gasteiger partial charge in [-0.2, -0.15) is 0 Å². The molecule has 1 heterocycles. The average molecular weight is 245 g/mol. The number of aliphatic hydroxyl groups excluding tert-OH is 1. The first-order valence-electron chi connectivity index (χ1n) is 5.21. The molecular weight excluding hydrogens is 230 g/mol. The van der Waals surface area contributed by atoms with Crippen LogP contribution in [0.15, 0.2) is 0 Å². The van der Waals surface area contributed by atoms with E-state index >= 15 is 0 Å². The zero-order chi connectivity index (χ0) is 12.8. The number of aliphatic carboxylic acids is 1. The molecule has 0 bridgehead atoms. The van der Waals surface area contributed by atoms with E-state index in [0.717, 1.165) is 0 Å².